The summed E-state index contributed by atoms with van der Waals surface area (Å²) in [6.45, 7) is 0. The maximum atomic E-state index is 2.17. The predicted molar refractivity (Wildman–Crippen MR) is 35.9 cm³/mol. The van der Waals surface area contributed by atoms with Gasteiger partial charge in [-0.1, -0.05) is 0 Å². The van der Waals surface area contributed by atoms with E-state index in [0.717, 1.165) is 1.35 Å². The summed E-state index contributed by atoms with van der Waals surface area (Å²) in [5, 5.41) is 0. The molecule has 1 radical (unpaired) electrons. The second-order valence-corrected chi connectivity index (χ2v) is 5.86. The second kappa shape index (κ2) is 3.60. The molecule has 1 aliphatic heterocycles. The fraction of sp³-hybridized carbons (Fsp3) is 1.00. The van der Waals surface area contributed by atoms with Crippen LogP contribution in [0.4, 0.5) is 0 Å². The minimum absolute atomic E-state index is 1.08. The van der Waals surface area contributed by atoms with Gasteiger partial charge >= 0.3 is 73.9 Å². The Kier molecular flexibility index (Phi) is 3.46. The predicted octanol–water partition coefficient (Wildman–Crippen LogP) is 1.40. The summed E-state index contributed by atoms with van der Waals surface area (Å²) in [7, 11) is 0. The summed E-state index contributed by atoms with van der Waals surface area (Å²) in [5.41, 5.74) is 0. The molecule has 1 atom stereocenters. The summed E-state index contributed by atoms with van der Waals surface area (Å²) < 4.78 is 1.08. The van der Waals surface area contributed by atoms with E-state index in [9.17, 15) is 0 Å². The third-order valence-electron chi connectivity index (χ3n) is 1.27. The molecule has 0 N–H and O–H groups in total. The van der Waals surface area contributed by atoms with Gasteiger partial charge in [0.15, 0.2) is 0 Å². The molecule has 37 valence electrons. The zero-order chi connectivity index (χ0) is 5.11. The summed E-state index contributed by atoms with van der Waals surface area (Å²) >= 11 is 3.68. The van der Waals surface area contributed by atoms with Crippen LogP contribution in [0.25, 0.3) is 0 Å². The molecule has 0 aromatic rings. The van der Waals surface area contributed by atoms with Gasteiger partial charge in [-0.05, 0) is 0 Å². The number of hydrogen-bond acceptors (Lipinski definition) is 1. The first-order chi connectivity index (χ1) is 3.39. The zero-order valence-corrected chi connectivity index (χ0v) is 7.55. The minimum atomic E-state index is 1.08. The fourth-order valence-electron chi connectivity index (χ4n) is 0.807. The van der Waals surface area contributed by atoms with Gasteiger partial charge < -0.3 is 0 Å². The van der Waals surface area contributed by atoms with Gasteiger partial charge in [0.2, 0.25) is 0 Å². The quantitative estimate of drug-likeness (QED) is 0.459. The van der Waals surface area contributed by atoms with Crippen molar-refractivity contribution in [3.63, 3.8) is 0 Å². The summed E-state index contributed by atoms with van der Waals surface area (Å²) in [4.78, 5) is 0. The maximum absolute atomic E-state index is 2.17. The van der Waals surface area contributed by atoms with Gasteiger partial charge in [0.1, 0.15) is 0 Å². The molecule has 0 amide bonds. The molecule has 2 heteroatoms. The third-order valence-corrected chi connectivity index (χ3v) is 4.25. The topological polar surface area (TPSA) is 0 Å². The normalized spacial score (nSPS) is 32.7. The molecule has 0 bridgehead atoms. The van der Waals surface area contributed by atoms with E-state index < -0.39 is 0 Å². The van der Waals surface area contributed by atoms with Gasteiger partial charge in [0.25, 0.3) is 0 Å². The van der Waals surface area contributed by atoms with Crippen LogP contribution in [0.2, 0.25) is 0 Å². The number of thioether (sulfide) groups is 1. The van der Waals surface area contributed by atoms with E-state index in [1.54, 1.807) is 0 Å². The van der Waals surface area contributed by atoms with Gasteiger partial charge in [-0.2, -0.15) is 0 Å². The Morgan fingerprint density at radius 3 is 2.57 bits per heavy atom. The standard InChI is InChI=1S/C5H9S.Ca/c1-2-4-6-5-3-1;/h4H,1-3,5H2;. The van der Waals surface area contributed by atoms with Crippen molar-refractivity contribution < 1.29 is 0 Å². The van der Waals surface area contributed by atoms with Crippen LogP contribution in [0.3, 0.4) is 0 Å². The van der Waals surface area contributed by atoms with Gasteiger partial charge in [0.05, 0.1) is 0 Å². The van der Waals surface area contributed by atoms with Gasteiger partial charge in [-0.25, -0.2) is 0 Å². The van der Waals surface area contributed by atoms with Gasteiger partial charge in [-0.15, -0.1) is 0 Å². The van der Waals surface area contributed by atoms with E-state index >= 15 is 0 Å². The second-order valence-electron chi connectivity index (χ2n) is 1.99. The van der Waals surface area contributed by atoms with Crippen LogP contribution in [-0.2, 0) is 0 Å². The van der Waals surface area contributed by atoms with Crippen LogP contribution in [0.1, 0.15) is 19.3 Å². The van der Waals surface area contributed by atoms with Gasteiger partial charge in [0, 0.05) is 0 Å². The molecule has 1 saturated heterocycles. The first-order valence-electron chi connectivity index (χ1n) is 2.84. The van der Waals surface area contributed by atoms with E-state index in [2.05, 4.69) is 11.8 Å². The summed E-state index contributed by atoms with van der Waals surface area (Å²) in [5.74, 6) is 1.44. The van der Waals surface area contributed by atoms with E-state index in [1.807, 2.05) is 0 Å². The van der Waals surface area contributed by atoms with Crippen molar-refractivity contribution in [3.8, 4) is 0 Å². The average Bonchev–Trinajstić information content (AvgIpc) is 1.69. The Hall–Kier alpha value is 1.61. The SMILES string of the molecule is [Ca][CH]1CCCCS1. The van der Waals surface area contributed by atoms with Crippen molar-refractivity contribution in [1.82, 2.24) is 0 Å². The Bertz CT molecular complexity index is 50.0. The van der Waals surface area contributed by atoms with Crippen LogP contribution >= 0.6 is 11.8 Å². The Morgan fingerprint density at radius 1 is 1.43 bits per heavy atom. The van der Waals surface area contributed by atoms with Crippen molar-refractivity contribution in [2.24, 2.45) is 0 Å². The molecule has 0 aliphatic carbocycles. The van der Waals surface area contributed by atoms with Crippen LogP contribution in [-0.4, -0.2) is 42.9 Å². The van der Waals surface area contributed by atoms with E-state index in [0.29, 0.717) is 0 Å². The molecule has 0 nitrogen and oxygen atoms in total. The molecular weight excluding hydrogens is 132 g/mol. The molecule has 0 aromatic heterocycles. The third kappa shape index (κ3) is 2.59. The molecule has 1 fully saturated rings. The van der Waals surface area contributed by atoms with E-state index in [-0.39, 0.29) is 0 Å². The van der Waals surface area contributed by atoms with Crippen molar-refractivity contribution in [2.75, 3.05) is 5.75 Å². The molecule has 0 spiro atoms. The van der Waals surface area contributed by atoms with Crippen LogP contribution < -0.4 is 0 Å². The molecule has 1 rings (SSSR count). The first kappa shape index (κ1) is 6.73. The zero-order valence-electron chi connectivity index (χ0n) is 4.52. The molecule has 0 aromatic carbocycles. The van der Waals surface area contributed by atoms with E-state index in [4.69, 9.17) is 0 Å². The molecular formula is C5H9CaS. The Morgan fingerprint density at radius 2 is 2.29 bits per heavy atom. The Balaban J connectivity index is 2.12. The number of hydrogen-bond donors (Lipinski definition) is 0. The molecule has 7 heavy (non-hydrogen) atoms. The van der Waals surface area contributed by atoms with Crippen molar-refractivity contribution in [2.45, 2.75) is 20.6 Å². The first-order valence-corrected chi connectivity index (χ1v) is 5.16. The van der Waals surface area contributed by atoms with E-state index in [1.165, 1.54) is 60.8 Å². The van der Waals surface area contributed by atoms with Crippen LogP contribution in [0.5, 0.6) is 0 Å². The fourth-order valence-corrected chi connectivity index (χ4v) is 3.08. The average molecular weight is 141 g/mol. The number of rotatable bonds is 0. The van der Waals surface area contributed by atoms with Crippen LogP contribution in [0.15, 0.2) is 0 Å². The van der Waals surface area contributed by atoms with Crippen molar-refractivity contribution in [3.05, 3.63) is 0 Å². The summed E-state index contributed by atoms with van der Waals surface area (Å²) in [6.07, 6.45) is 4.48. The van der Waals surface area contributed by atoms with Crippen LogP contribution in [0, 0.1) is 0 Å². The molecule has 0 saturated carbocycles. The molecule has 1 unspecified atom stereocenters. The van der Waals surface area contributed by atoms with Crippen molar-refractivity contribution in [1.29, 1.82) is 0 Å². The van der Waals surface area contributed by atoms with Gasteiger partial charge in [-0.3, -0.25) is 0 Å². The Labute approximate surface area is 73.1 Å². The summed E-state index contributed by atoms with van der Waals surface area (Å²) in [6, 6.07) is 0. The molecule has 1 heterocycles. The van der Waals surface area contributed by atoms with Crippen molar-refractivity contribution >= 4 is 47.6 Å². The molecule has 1 aliphatic rings. The monoisotopic (exact) mass is 141 g/mol.